The zero-order valence-corrected chi connectivity index (χ0v) is 12.4. The van der Waals surface area contributed by atoms with Gasteiger partial charge in [0.15, 0.2) is 0 Å². The van der Waals surface area contributed by atoms with Crippen LogP contribution in [0, 0.1) is 0 Å². The van der Waals surface area contributed by atoms with Gasteiger partial charge in [0.1, 0.15) is 0 Å². The van der Waals surface area contributed by atoms with E-state index in [9.17, 15) is 4.79 Å². The molecule has 1 heterocycles. The average molecular weight is 301 g/mol. The number of amides is 1. The molecule has 112 valence electrons. The van der Waals surface area contributed by atoms with Crippen molar-refractivity contribution in [1.29, 1.82) is 0 Å². The number of hydrogen-bond acceptors (Lipinski definition) is 2. The molecule has 1 aromatic heterocycles. The Kier molecular flexibility index (Phi) is 3.27. The first-order chi connectivity index (χ1) is 11.3. The van der Waals surface area contributed by atoms with Crippen LogP contribution in [0.15, 0.2) is 66.9 Å². The van der Waals surface area contributed by atoms with Gasteiger partial charge in [-0.1, -0.05) is 42.5 Å². The van der Waals surface area contributed by atoms with E-state index in [1.165, 1.54) is 0 Å². The molecule has 23 heavy (non-hydrogen) atoms. The third-order valence-corrected chi connectivity index (χ3v) is 3.96. The van der Waals surface area contributed by atoms with Crippen LogP contribution in [-0.2, 0) is 11.2 Å². The molecule has 0 fully saturated rings. The normalized spacial score (nSPS) is 11.0. The molecule has 0 spiro atoms. The van der Waals surface area contributed by atoms with E-state index in [1.807, 2.05) is 42.5 Å². The molecule has 0 saturated heterocycles. The van der Waals surface area contributed by atoms with Crippen LogP contribution in [0.3, 0.4) is 0 Å². The first kappa shape index (κ1) is 13.5. The van der Waals surface area contributed by atoms with Crippen molar-refractivity contribution in [3.63, 3.8) is 0 Å². The summed E-state index contributed by atoms with van der Waals surface area (Å²) in [5.41, 5.74) is 2.71. The molecule has 1 amide bonds. The van der Waals surface area contributed by atoms with E-state index < -0.39 is 0 Å². The summed E-state index contributed by atoms with van der Waals surface area (Å²) < 4.78 is 0. The Hall–Kier alpha value is -3.14. The second-order valence-corrected chi connectivity index (χ2v) is 5.54. The summed E-state index contributed by atoms with van der Waals surface area (Å²) in [4.78, 5) is 12.4. The zero-order chi connectivity index (χ0) is 15.6. The molecule has 0 unspecified atom stereocenters. The molecule has 3 aromatic carbocycles. The topological polar surface area (TPSA) is 57.8 Å². The minimum Gasteiger partial charge on any atom is -0.326 e. The van der Waals surface area contributed by atoms with Crippen molar-refractivity contribution in [1.82, 2.24) is 10.2 Å². The van der Waals surface area contributed by atoms with Crippen LogP contribution >= 0.6 is 0 Å². The number of hydrogen-bond donors (Lipinski definition) is 2. The van der Waals surface area contributed by atoms with Crippen molar-refractivity contribution >= 4 is 33.3 Å². The van der Waals surface area contributed by atoms with Gasteiger partial charge in [-0.3, -0.25) is 9.89 Å². The highest BCUT2D eigenvalue weighted by atomic mass is 16.1. The number of benzene rings is 3. The average Bonchev–Trinajstić information content (AvgIpc) is 3.03. The fourth-order valence-corrected chi connectivity index (χ4v) is 2.84. The van der Waals surface area contributed by atoms with E-state index in [2.05, 4.69) is 33.7 Å². The zero-order valence-electron chi connectivity index (χ0n) is 12.4. The first-order valence-corrected chi connectivity index (χ1v) is 7.49. The Bertz CT molecular complexity index is 998. The second kappa shape index (κ2) is 5.57. The van der Waals surface area contributed by atoms with Crippen molar-refractivity contribution in [2.45, 2.75) is 6.42 Å². The molecule has 4 nitrogen and oxygen atoms in total. The summed E-state index contributed by atoms with van der Waals surface area (Å²) in [6.45, 7) is 0. The quantitative estimate of drug-likeness (QED) is 0.603. The van der Waals surface area contributed by atoms with Gasteiger partial charge in [-0.25, -0.2) is 0 Å². The highest BCUT2D eigenvalue weighted by Crippen LogP contribution is 2.20. The van der Waals surface area contributed by atoms with Gasteiger partial charge in [0.05, 0.1) is 18.1 Å². The number of aromatic amines is 1. The van der Waals surface area contributed by atoms with Crippen LogP contribution in [0.4, 0.5) is 5.69 Å². The van der Waals surface area contributed by atoms with Crippen molar-refractivity contribution in [3.8, 4) is 0 Å². The van der Waals surface area contributed by atoms with Gasteiger partial charge in [-0.15, -0.1) is 0 Å². The molecule has 0 atom stereocenters. The fraction of sp³-hybridized carbons (Fsp3) is 0.0526. The number of H-pyrrole nitrogens is 1. The number of anilines is 1. The smallest absolute Gasteiger partial charge is 0.228 e. The lowest BCUT2D eigenvalue weighted by atomic mass is 10.0. The summed E-state index contributed by atoms with van der Waals surface area (Å²) in [6, 6.07) is 19.9. The standard InChI is InChI=1S/C19H15N3O/c23-19(21-16-9-8-15-12-20-22-18(15)11-16)10-14-6-3-5-13-4-1-2-7-17(13)14/h1-9,11-12H,10H2,(H,20,22)(H,21,23). The van der Waals surface area contributed by atoms with Crippen LogP contribution < -0.4 is 5.32 Å². The predicted octanol–water partition coefficient (Wildman–Crippen LogP) is 3.90. The highest BCUT2D eigenvalue weighted by molar-refractivity contribution is 5.97. The Labute approximate surface area is 133 Å². The van der Waals surface area contributed by atoms with Gasteiger partial charge in [0.25, 0.3) is 0 Å². The van der Waals surface area contributed by atoms with Gasteiger partial charge in [-0.2, -0.15) is 5.10 Å². The summed E-state index contributed by atoms with van der Waals surface area (Å²) in [7, 11) is 0. The summed E-state index contributed by atoms with van der Waals surface area (Å²) >= 11 is 0. The van der Waals surface area contributed by atoms with Crippen LogP contribution in [-0.4, -0.2) is 16.1 Å². The van der Waals surface area contributed by atoms with E-state index in [0.717, 1.165) is 32.9 Å². The Morgan fingerprint density at radius 3 is 2.83 bits per heavy atom. The number of carbonyl (C=O) groups excluding carboxylic acids is 1. The Morgan fingerprint density at radius 2 is 1.87 bits per heavy atom. The highest BCUT2D eigenvalue weighted by Gasteiger charge is 2.08. The number of fused-ring (bicyclic) bond motifs is 2. The maximum atomic E-state index is 12.4. The first-order valence-electron chi connectivity index (χ1n) is 7.49. The third kappa shape index (κ3) is 2.66. The van der Waals surface area contributed by atoms with Gasteiger partial charge in [0.2, 0.25) is 5.91 Å². The molecule has 0 aliphatic heterocycles. The molecule has 0 aliphatic carbocycles. The Morgan fingerprint density at radius 1 is 1.00 bits per heavy atom. The number of nitrogens with zero attached hydrogens (tertiary/aromatic N) is 1. The SMILES string of the molecule is O=C(Cc1cccc2ccccc12)Nc1ccc2cn[nH]c2c1. The molecule has 0 radical (unpaired) electrons. The van der Waals surface area contributed by atoms with Gasteiger partial charge in [-0.05, 0) is 34.5 Å². The van der Waals surface area contributed by atoms with Crippen LogP contribution in [0.2, 0.25) is 0 Å². The maximum absolute atomic E-state index is 12.4. The molecule has 4 aromatic rings. The van der Waals surface area contributed by atoms with Crippen LogP contribution in [0.1, 0.15) is 5.56 Å². The number of rotatable bonds is 3. The monoisotopic (exact) mass is 301 g/mol. The van der Waals surface area contributed by atoms with E-state index in [-0.39, 0.29) is 5.91 Å². The maximum Gasteiger partial charge on any atom is 0.228 e. The lowest BCUT2D eigenvalue weighted by Crippen LogP contribution is -2.14. The second-order valence-electron chi connectivity index (χ2n) is 5.54. The Balaban J connectivity index is 1.57. The summed E-state index contributed by atoms with van der Waals surface area (Å²) in [6.07, 6.45) is 2.11. The number of carbonyl (C=O) groups is 1. The minimum atomic E-state index is -0.0276. The van der Waals surface area contributed by atoms with Gasteiger partial charge >= 0.3 is 0 Å². The number of nitrogens with one attached hydrogen (secondary N) is 2. The summed E-state index contributed by atoms with van der Waals surface area (Å²) in [5.74, 6) is -0.0276. The number of aromatic nitrogens is 2. The molecule has 4 heteroatoms. The molecule has 4 rings (SSSR count). The van der Waals surface area contributed by atoms with E-state index in [0.29, 0.717) is 6.42 Å². The lowest BCUT2D eigenvalue weighted by Gasteiger charge is -2.08. The summed E-state index contributed by atoms with van der Waals surface area (Å²) in [5, 5.41) is 13.1. The third-order valence-electron chi connectivity index (χ3n) is 3.96. The van der Waals surface area contributed by atoms with Crippen molar-refractivity contribution in [3.05, 3.63) is 72.4 Å². The van der Waals surface area contributed by atoms with Crippen LogP contribution in [0.5, 0.6) is 0 Å². The molecule has 0 aliphatic rings. The van der Waals surface area contributed by atoms with E-state index in [1.54, 1.807) is 6.20 Å². The van der Waals surface area contributed by atoms with E-state index in [4.69, 9.17) is 0 Å². The molecular weight excluding hydrogens is 286 g/mol. The lowest BCUT2D eigenvalue weighted by molar-refractivity contribution is -0.115. The van der Waals surface area contributed by atoms with Gasteiger partial charge in [0, 0.05) is 11.1 Å². The fourth-order valence-electron chi connectivity index (χ4n) is 2.84. The largest absolute Gasteiger partial charge is 0.326 e. The van der Waals surface area contributed by atoms with Crippen LogP contribution in [0.25, 0.3) is 21.7 Å². The minimum absolute atomic E-state index is 0.0276. The molecular formula is C19H15N3O. The van der Waals surface area contributed by atoms with Crippen molar-refractivity contribution in [2.75, 3.05) is 5.32 Å². The predicted molar refractivity (Wildman–Crippen MR) is 92.4 cm³/mol. The van der Waals surface area contributed by atoms with Crippen molar-refractivity contribution in [2.24, 2.45) is 0 Å². The molecule has 0 bridgehead atoms. The van der Waals surface area contributed by atoms with E-state index >= 15 is 0 Å². The van der Waals surface area contributed by atoms with Gasteiger partial charge < -0.3 is 5.32 Å². The van der Waals surface area contributed by atoms with Crippen molar-refractivity contribution < 1.29 is 4.79 Å². The molecule has 0 saturated carbocycles. The molecule has 2 N–H and O–H groups in total.